The zero-order valence-corrected chi connectivity index (χ0v) is 16.5. The zero-order chi connectivity index (χ0) is 21.4. The van der Waals surface area contributed by atoms with Crippen molar-refractivity contribution >= 4 is 34.3 Å². The van der Waals surface area contributed by atoms with Crippen LogP contribution in [0.1, 0.15) is 11.1 Å². The maximum Gasteiger partial charge on any atom is 0.307 e. The number of phenols is 1. The molecular weight excluding hydrogens is 402 g/mol. The van der Waals surface area contributed by atoms with Gasteiger partial charge < -0.3 is 20.9 Å². The zero-order valence-electron chi connectivity index (χ0n) is 15.7. The molecule has 1 heterocycles. The highest BCUT2D eigenvalue weighted by molar-refractivity contribution is 6.34. The summed E-state index contributed by atoms with van der Waals surface area (Å²) in [6, 6.07) is 17.8. The molecule has 7 heteroatoms. The van der Waals surface area contributed by atoms with Crippen molar-refractivity contribution in [2.75, 3.05) is 0 Å². The lowest BCUT2D eigenvalue weighted by atomic mass is 9.95. The molecule has 6 nitrogen and oxygen atoms in total. The lowest BCUT2D eigenvalue weighted by Gasteiger charge is -2.12. The molecule has 150 valence electrons. The summed E-state index contributed by atoms with van der Waals surface area (Å²) >= 11 is 6.22. The van der Waals surface area contributed by atoms with E-state index in [1.807, 2.05) is 36.4 Å². The Labute approximate surface area is 177 Å². The minimum atomic E-state index is -0.958. The first-order valence-electron chi connectivity index (χ1n) is 9.13. The monoisotopic (exact) mass is 419 g/mol. The fourth-order valence-corrected chi connectivity index (χ4v) is 3.79. The summed E-state index contributed by atoms with van der Waals surface area (Å²) in [4.78, 5) is 14.5. The molecule has 0 unspecified atom stereocenters. The van der Waals surface area contributed by atoms with Crippen molar-refractivity contribution in [3.8, 4) is 28.1 Å². The van der Waals surface area contributed by atoms with Crippen LogP contribution >= 0.6 is 11.6 Å². The Morgan fingerprint density at radius 2 is 1.77 bits per heavy atom. The number of nitrogen functional groups attached to an aromatic ring is 1. The van der Waals surface area contributed by atoms with E-state index < -0.39 is 5.97 Å². The fraction of sp³-hybridized carbons (Fsp3) is 0.0435. The van der Waals surface area contributed by atoms with Gasteiger partial charge in [0, 0.05) is 27.6 Å². The van der Waals surface area contributed by atoms with Crippen LogP contribution in [-0.2, 0) is 11.2 Å². The van der Waals surface area contributed by atoms with Crippen molar-refractivity contribution in [1.29, 1.82) is 5.41 Å². The van der Waals surface area contributed by atoms with Crippen LogP contribution < -0.4 is 5.73 Å². The van der Waals surface area contributed by atoms with E-state index in [0.717, 1.165) is 10.9 Å². The minimum absolute atomic E-state index is 0.0415. The van der Waals surface area contributed by atoms with Crippen LogP contribution in [0.25, 0.3) is 33.3 Å². The van der Waals surface area contributed by atoms with Crippen molar-refractivity contribution < 1.29 is 15.0 Å². The van der Waals surface area contributed by atoms with Crippen molar-refractivity contribution in [2.24, 2.45) is 5.73 Å². The van der Waals surface area contributed by atoms with Crippen molar-refractivity contribution in [1.82, 2.24) is 4.98 Å². The lowest BCUT2D eigenvalue weighted by molar-refractivity contribution is -0.136. The van der Waals surface area contributed by atoms with Gasteiger partial charge >= 0.3 is 5.97 Å². The third-order valence-electron chi connectivity index (χ3n) is 4.90. The number of aliphatic carboxylic acids is 1. The molecule has 0 amide bonds. The van der Waals surface area contributed by atoms with Crippen molar-refractivity contribution in [2.45, 2.75) is 6.42 Å². The SMILES string of the molecule is N=C(N)c1cc2cc(-c3cc(CC(=O)O)cc(-c4ccccc4)c3O)[nH]c2cc1Cl. The van der Waals surface area contributed by atoms with Crippen LogP contribution in [0.2, 0.25) is 5.02 Å². The number of carbonyl (C=O) groups is 1. The summed E-state index contributed by atoms with van der Waals surface area (Å²) in [7, 11) is 0. The minimum Gasteiger partial charge on any atom is -0.507 e. The second-order valence-electron chi connectivity index (χ2n) is 6.99. The van der Waals surface area contributed by atoms with Gasteiger partial charge in [0.15, 0.2) is 0 Å². The highest BCUT2D eigenvalue weighted by Gasteiger charge is 2.17. The number of phenolic OH excluding ortho intramolecular Hbond substituents is 1. The Morgan fingerprint density at radius 3 is 2.43 bits per heavy atom. The number of aromatic amines is 1. The average Bonchev–Trinajstić information content (AvgIpc) is 3.11. The number of hydrogen-bond acceptors (Lipinski definition) is 3. The third kappa shape index (κ3) is 3.60. The molecule has 4 rings (SSSR count). The van der Waals surface area contributed by atoms with Crippen LogP contribution in [-0.4, -0.2) is 27.0 Å². The van der Waals surface area contributed by atoms with Crippen LogP contribution in [0.5, 0.6) is 5.75 Å². The van der Waals surface area contributed by atoms with Crippen molar-refractivity contribution in [3.63, 3.8) is 0 Å². The van der Waals surface area contributed by atoms with E-state index in [2.05, 4.69) is 4.98 Å². The number of amidine groups is 1. The molecule has 0 aliphatic carbocycles. The smallest absolute Gasteiger partial charge is 0.307 e. The topological polar surface area (TPSA) is 123 Å². The van der Waals surface area contributed by atoms with Gasteiger partial charge in [-0.25, -0.2) is 0 Å². The van der Waals surface area contributed by atoms with Crippen LogP contribution in [0.15, 0.2) is 60.7 Å². The maximum atomic E-state index is 11.3. The first-order chi connectivity index (χ1) is 14.3. The molecule has 3 aromatic carbocycles. The van der Waals surface area contributed by atoms with Crippen molar-refractivity contribution in [3.05, 3.63) is 76.8 Å². The number of carboxylic acids is 1. The van der Waals surface area contributed by atoms with E-state index in [9.17, 15) is 15.0 Å². The predicted molar refractivity (Wildman–Crippen MR) is 118 cm³/mol. The van der Waals surface area contributed by atoms with Crippen LogP contribution in [0.4, 0.5) is 0 Å². The van der Waals surface area contributed by atoms with E-state index in [1.165, 1.54) is 0 Å². The Bertz CT molecular complexity index is 1300. The highest BCUT2D eigenvalue weighted by Crippen LogP contribution is 2.40. The molecule has 0 bridgehead atoms. The number of fused-ring (bicyclic) bond motifs is 1. The van der Waals surface area contributed by atoms with E-state index in [0.29, 0.717) is 38.5 Å². The number of nitrogens with one attached hydrogen (secondary N) is 2. The van der Waals surface area contributed by atoms with Gasteiger partial charge in [-0.3, -0.25) is 10.2 Å². The quantitative estimate of drug-likeness (QED) is 0.236. The molecule has 0 radical (unpaired) electrons. The van der Waals surface area contributed by atoms with Gasteiger partial charge in [0.2, 0.25) is 0 Å². The number of benzene rings is 3. The summed E-state index contributed by atoms with van der Waals surface area (Å²) < 4.78 is 0. The summed E-state index contributed by atoms with van der Waals surface area (Å²) in [5, 5.41) is 29.1. The van der Waals surface area contributed by atoms with E-state index in [-0.39, 0.29) is 18.0 Å². The van der Waals surface area contributed by atoms with E-state index >= 15 is 0 Å². The van der Waals surface area contributed by atoms with Gasteiger partial charge in [-0.15, -0.1) is 0 Å². The largest absolute Gasteiger partial charge is 0.507 e. The van der Waals surface area contributed by atoms with E-state index in [4.69, 9.17) is 22.7 Å². The molecule has 6 N–H and O–H groups in total. The summed E-state index contributed by atoms with van der Waals surface area (Å²) in [5.41, 5.74) is 9.69. The number of aromatic hydroxyl groups is 1. The molecule has 0 atom stereocenters. The Morgan fingerprint density at radius 1 is 1.07 bits per heavy atom. The molecule has 0 saturated heterocycles. The van der Waals surface area contributed by atoms with Crippen LogP contribution in [0.3, 0.4) is 0 Å². The second kappa shape index (κ2) is 7.57. The van der Waals surface area contributed by atoms with Gasteiger partial charge in [-0.1, -0.05) is 41.9 Å². The number of carboxylic acid groups (broad SMARTS) is 1. The molecule has 30 heavy (non-hydrogen) atoms. The maximum absolute atomic E-state index is 11.3. The molecule has 0 aliphatic rings. The molecule has 0 saturated carbocycles. The molecule has 1 aromatic heterocycles. The van der Waals surface area contributed by atoms with Gasteiger partial charge in [-0.05, 0) is 41.5 Å². The standard InChI is InChI=1S/C23H18ClN3O3/c24-18-11-19-14(9-16(18)23(25)26)10-20(27-19)17-7-12(8-21(28)29)6-15(22(17)30)13-4-2-1-3-5-13/h1-7,9-11,27,30H,8H2,(H3,25,26)(H,28,29). The first-order valence-corrected chi connectivity index (χ1v) is 9.51. The predicted octanol–water partition coefficient (Wildman–Crippen LogP) is 4.77. The number of H-pyrrole nitrogens is 1. The van der Waals surface area contributed by atoms with Gasteiger partial charge in [0.25, 0.3) is 0 Å². The molecule has 4 aromatic rings. The number of hydrogen-bond donors (Lipinski definition) is 5. The molecule has 0 aliphatic heterocycles. The molecule has 0 spiro atoms. The Balaban J connectivity index is 1.93. The first kappa shape index (κ1) is 19.5. The highest BCUT2D eigenvalue weighted by atomic mass is 35.5. The Kier molecular flexibility index (Phi) is 4.93. The number of rotatable bonds is 5. The summed E-state index contributed by atoms with van der Waals surface area (Å²) in [6.07, 6.45) is -0.173. The van der Waals surface area contributed by atoms with Gasteiger partial charge in [-0.2, -0.15) is 0 Å². The molecular formula is C23H18ClN3O3. The fourth-order valence-electron chi connectivity index (χ4n) is 3.52. The lowest BCUT2D eigenvalue weighted by Crippen LogP contribution is -2.11. The number of aromatic nitrogens is 1. The Hall–Kier alpha value is -3.77. The van der Waals surface area contributed by atoms with E-state index in [1.54, 1.807) is 24.3 Å². The van der Waals surface area contributed by atoms with Gasteiger partial charge in [0.1, 0.15) is 11.6 Å². The molecule has 0 fully saturated rings. The summed E-state index contributed by atoms with van der Waals surface area (Å²) in [5.74, 6) is -1.05. The van der Waals surface area contributed by atoms with Gasteiger partial charge in [0.05, 0.1) is 17.1 Å². The summed E-state index contributed by atoms with van der Waals surface area (Å²) in [6.45, 7) is 0. The average molecular weight is 420 g/mol. The second-order valence-corrected chi connectivity index (χ2v) is 7.40. The van der Waals surface area contributed by atoms with Crippen LogP contribution in [0, 0.1) is 5.41 Å². The normalized spacial score (nSPS) is 11.0. The number of nitrogens with two attached hydrogens (primary N) is 1. The number of halogens is 1. The third-order valence-corrected chi connectivity index (χ3v) is 5.21.